The molecular weight excluding hydrogens is 244 g/mol. The van der Waals surface area contributed by atoms with Crippen LogP contribution in [0.1, 0.15) is 44.1 Å². The molecule has 2 atom stereocenters. The Morgan fingerprint density at radius 2 is 1.90 bits per heavy atom. The van der Waals surface area contributed by atoms with Gasteiger partial charge in [0, 0.05) is 30.9 Å². The standard InChI is InChI=1S/C18H26N2/c1-2-6-18-15(4-1)5-3-10-20(18)11-9-14-12-16-7-8-17(13-14)19-16/h1-2,4,6,14,16-17,19H,3,5,7-13H2. The third-order valence-electron chi connectivity index (χ3n) is 5.58. The molecule has 0 amide bonds. The van der Waals surface area contributed by atoms with Crippen molar-refractivity contribution in [3.63, 3.8) is 0 Å². The van der Waals surface area contributed by atoms with Crippen molar-refractivity contribution in [1.82, 2.24) is 5.32 Å². The topological polar surface area (TPSA) is 15.3 Å². The highest BCUT2D eigenvalue weighted by Crippen LogP contribution is 2.34. The molecule has 108 valence electrons. The highest BCUT2D eigenvalue weighted by molar-refractivity contribution is 5.55. The van der Waals surface area contributed by atoms with Crippen molar-refractivity contribution in [2.75, 3.05) is 18.0 Å². The number of anilines is 1. The van der Waals surface area contributed by atoms with Gasteiger partial charge in [0.1, 0.15) is 0 Å². The zero-order chi connectivity index (χ0) is 13.4. The second-order valence-corrected chi connectivity index (χ2v) is 6.98. The second kappa shape index (κ2) is 5.40. The summed E-state index contributed by atoms with van der Waals surface area (Å²) in [6.45, 7) is 2.52. The molecule has 0 saturated carbocycles. The van der Waals surface area contributed by atoms with E-state index in [9.17, 15) is 0 Å². The molecule has 0 radical (unpaired) electrons. The molecule has 0 aliphatic carbocycles. The molecule has 1 aromatic rings. The van der Waals surface area contributed by atoms with Crippen LogP contribution in [0.3, 0.4) is 0 Å². The fourth-order valence-electron chi connectivity index (χ4n) is 4.59. The second-order valence-electron chi connectivity index (χ2n) is 6.98. The molecular formula is C18H26N2. The minimum absolute atomic E-state index is 0.840. The molecule has 3 aliphatic rings. The van der Waals surface area contributed by atoms with Gasteiger partial charge in [0.25, 0.3) is 0 Å². The first-order valence-corrected chi connectivity index (χ1v) is 8.47. The van der Waals surface area contributed by atoms with Gasteiger partial charge in [0.15, 0.2) is 0 Å². The Hall–Kier alpha value is -1.02. The maximum atomic E-state index is 3.76. The van der Waals surface area contributed by atoms with Crippen LogP contribution in [-0.2, 0) is 6.42 Å². The zero-order valence-corrected chi connectivity index (χ0v) is 12.4. The third-order valence-corrected chi connectivity index (χ3v) is 5.58. The first-order valence-electron chi connectivity index (χ1n) is 8.47. The van der Waals surface area contributed by atoms with Crippen molar-refractivity contribution in [3.05, 3.63) is 29.8 Å². The van der Waals surface area contributed by atoms with Gasteiger partial charge in [0.05, 0.1) is 0 Å². The van der Waals surface area contributed by atoms with E-state index in [0.717, 1.165) is 18.0 Å². The minimum Gasteiger partial charge on any atom is -0.371 e. The van der Waals surface area contributed by atoms with Gasteiger partial charge in [-0.15, -0.1) is 0 Å². The lowest BCUT2D eigenvalue weighted by molar-refractivity contribution is 0.287. The smallest absolute Gasteiger partial charge is 0.0398 e. The highest BCUT2D eigenvalue weighted by Gasteiger charge is 2.33. The van der Waals surface area contributed by atoms with E-state index in [-0.39, 0.29) is 0 Å². The van der Waals surface area contributed by atoms with E-state index in [4.69, 9.17) is 0 Å². The summed E-state index contributed by atoms with van der Waals surface area (Å²) in [6.07, 6.45) is 9.68. The first kappa shape index (κ1) is 12.7. The van der Waals surface area contributed by atoms with Crippen LogP contribution in [0.5, 0.6) is 0 Å². The van der Waals surface area contributed by atoms with Crippen molar-refractivity contribution >= 4 is 5.69 Å². The summed E-state index contributed by atoms with van der Waals surface area (Å²) in [5.74, 6) is 0.961. The number of rotatable bonds is 3. The maximum Gasteiger partial charge on any atom is 0.0398 e. The number of piperidine rings is 1. The van der Waals surface area contributed by atoms with Gasteiger partial charge in [0.2, 0.25) is 0 Å². The van der Waals surface area contributed by atoms with Crippen LogP contribution in [-0.4, -0.2) is 25.2 Å². The quantitative estimate of drug-likeness (QED) is 0.906. The summed E-state index contributed by atoms with van der Waals surface area (Å²) in [4.78, 5) is 2.64. The molecule has 3 heterocycles. The molecule has 4 rings (SSSR count). The monoisotopic (exact) mass is 270 g/mol. The molecule has 0 aromatic heterocycles. The average molecular weight is 270 g/mol. The molecule has 2 bridgehead atoms. The van der Waals surface area contributed by atoms with Crippen molar-refractivity contribution in [1.29, 1.82) is 0 Å². The Morgan fingerprint density at radius 3 is 2.75 bits per heavy atom. The summed E-state index contributed by atoms with van der Waals surface area (Å²) in [7, 11) is 0. The summed E-state index contributed by atoms with van der Waals surface area (Å²) in [5.41, 5.74) is 3.07. The van der Waals surface area contributed by atoms with Crippen LogP contribution < -0.4 is 10.2 Å². The molecule has 2 fully saturated rings. The number of para-hydroxylation sites is 1. The molecule has 1 aromatic carbocycles. The Bertz CT molecular complexity index is 458. The van der Waals surface area contributed by atoms with E-state index < -0.39 is 0 Å². The van der Waals surface area contributed by atoms with Crippen LogP contribution in [0, 0.1) is 5.92 Å². The lowest BCUT2D eigenvalue weighted by Crippen LogP contribution is -2.39. The lowest BCUT2D eigenvalue weighted by Gasteiger charge is -2.34. The fourth-order valence-corrected chi connectivity index (χ4v) is 4.59. The normalized spacial score (nSPS) is 32.2. The highest BCUT2D eigenvalue weighted by atomic mass is 15.1. The molecule has 0 spiro atoms. The van der Waals surface area contributed by atoms with Crippen molar-refractivity contribution in [2.24, 2.45) is 5.92 Å². The summed E-state index contributed by atoms with van der Waals surface area (Å²) in [5, 5.41) is 3.76. The number of fused-ring (bicyclic) bond motifs is 3. The average Bonchev–Trinajstić information content (AvgIpc) is 2.84. The van der Waals surface area contributed by atoms with Crippen LogP contribution in [0.25, 0.3) is 0 Å². The van der Waals surface area contributed by atoms with E-state index in [1.807, 2.05) is 0 Å². The Morgan fingerprint density at radius 1 is 1.10 bits per heavy atom. The van der Waals surface area contributed by atoms with Crippen molar-refractivity contribution < 1.29 is 0 Å². The predicted molar refractivity (Wildman–Crippen MR) is 84.3 cm³/mol. The number of benzene rings is 1. The van der Waals surface area contributed by atoms with E-state index in [1.165, 1.54) is 63.7 Å². The molecule has 20 heavy (non-hydrogen) atoms. The molecule has 2 unspecified atom stereocenters. The van der Waals surface area contributed by atoms with Crippen molar-refractivity contribution in [3.8, 4) is 0 Å². The predicted octanol–water partition coefficient (Wildman–Crippen LogP) is 3.36. The van der Waals surface area contributed by atoms with Crippen LogP contribution in [0.15, 0.2) is 24.3 Å². The van der Waals surface area contributed by atoms with Crippen LogP contribution >= 0.6 is 0 Å². The number of hydrogen-bond acceptors (Lipinski definition) is 2. The lowest BCUT2D eigenvalue weighted by atomic mass is 9.89. The van der Waals surface area contributed by atoms with Gasteiger partial charge >= 0.3 is 0 Å². The largest absolute Gasteiger partial charge is 0.371 e. The van der Waals surface area contributed by atoms with E-state index in [2.05, 4.69) is 34.5 Å². The summed E-state index contributed by atoms with van der Waals surface area (Å²) in [6, 6.07) is 10.7. The maximum absolute atomic E-state index is 3.76. The van der Waals surface area contributed by atoms with Crippen molar-refractivity contribution in [2.45, 2.75) is 57.0 Å². The van der Waals surface area contributed by atoms with Crippen LogP contribution in [0.2, 0.25) is 0 Å². The SMILES string of the molecule is c1ccc2c(c1)CCCN2CCC1CC2CCC(C1)N2. The van der Waals surface area contributed by atoms with Gasteiger partial charge in [-0.2, -0.15) is 0 Å². The number of nitrogens with one attached hydrogen (secondary N) is 1. The molecule has 1 N–H and O–H groups in total. The summed E-state index contributed by atoms with van der Waals surface area (Å²) < 4.78 is 0. The first-order chi connectivity index (χ1) is 9.88. The van der Waals surface area contributed by atoms with Gasteiger partial charge in [-0.3, -0.25) is 0 Å². The molecule has 3 aliphatic heterocycles. The van der Waals surface area contributed by atoms with E-state index >= 15 is 0 Å². The molecule has 2 nitrogen and oxygen atoms in total. The Balaban J connectivity index is 1.38. The number of hydrogen-bond donors (Lipinski definition) is 1. The van der Waals surface area contributed by atoms with Crippen LogP contribution in [0.4, 0.5) is 5.69 Å². The number of aryl methyl sites for hydroxylation is 1. The summed E-state index contributed by atoms with van der Waals surface area (Å²) >= 11 is 0. The Kier molecular flexibility index (Phi) is 3.43. The number of nitrogens with zero attached hydrogens (tertiary/aromatic N) is 1. The van der Waals surface area contributed by atoms with Gasteiger partial charge in [-0.25, -0.2) is 0 Å². The van der Waals surface area contributed by atoms with Gasteiger partial charge in [-0.05, 0) is 62.5 Å². The zero-order valence-electron chi connectivity index (χ0n) is 12.4. The van der Waals surface area contributed by atoms with Gasteiger partial charge < -0.3 is 10.2 Å². The van der Waals surface area contributed by atoms with E-state index in [1.54, 1.807) is 5.56 Å². The molecule has 2 heteroatoms. The molecule has 2 saturated heterocycles. The third kappa shape index (κ3) is 2.46. The fraction of sp³-hybridized carbons (Fsp3) is 0.667. The van der Waals surface area contributed by atoms with Gasteiger partial charge in [-0.1, -0.05) is 18.2 Å². The minimum atomic E-state index is 0.840. The van der Waals surface area contributed by atoms with E-state index in [0.29, 0.717) is 0 Å². The Labute approximate surface area is 122 Å².